The Morgan fingerprint density at radius 3 is 2.58 bits per heavy atom. The number of hydrogen-bond donors (Lipinski definition) is 2. The molecule has 3 heterocycles. The summed E-state index contributed by atoms with van der Waals surface area (Å²) in [6.45, 7) is 13.0. The smallest absolute Gasteiger partial charge is 0.340 e. The van der Waals surface area contributed by atoms with Gasteiger partial charge in [0.15, 0.2) is 0 Å². The Morgan fingerprint density at radius 1 is 1.12 bits per heavy atom. The zero-order valence-electron chi connectivity index (χ0n) is 20.8. The monoisotopic (exact) mass is 460 g/mol. The first-order valence-corrected chi connectivity index (χ1v) is 12.4. The Bertz CT molecular complexity index is 863. The molecule has 2 aliphatic heterocycles. The average Bonchev–Trinajstić information content (AvgIpc) is 3.08. The van der Waals surface area contributed by atoms with Gasteiger partial charge in [-0.25, -0.2) is 4.79 Å². The summed E-state index contributed by atoms with van der Waals surface area (Å²) >= 11 is 0. The lowest BCUT2D eigenvalue weighted by atomic mass is 9.96. The van der Waals surface area contributed by atoms with Crippen LogP contribution in [0.25, 0.3) is 0 Å². The number of rotatable bonds is 7. The van der Waals surface area contributed by atoms with Crippen LogP contribution in [0.15, 0.2) is 0 Å². The Balaban J connectivity index is 1.58. The minimum absolute atomic E-state index is 0.0257. The normalized spacial score (nSPS) is 21.8. The molecule has 2 amide bonds. The molecule has 2 saturated heterocycles. The fourth-order valence-corrected chi connectivity index (χ4v) is 5.03. The van der Waals surface area contributed by atoms with Crippen molar-refractivity contribution in [1.82, 2.24) is 20.1 Å². The third kappa shape index (κ3) is 6.16. The van der Waals surface area contributed by atoms with Gasteiger partial charge < -0.3 is 19.9 Å². The zero-order valence-corrected chi connectivity index (χ0v) is 20.8. The van der Waals surface area contributed by atoms with Crippen molar-refractivity contribution in [3.8, 4) is 0 Å². The Morgan fingerprint density at radius 2 is 1.88 bits per heavy atom. The van der Waals surface area contributed by atoms with Crippen LogP contribution in [-0.4, -0.2) is 77.4 Å². The summed E-state index contributed by atoms with van der Waals surface area (Å²) in [6.07, 6.45) is 5.08. The highest BCUT2D eigenvalue weighted by atomic mass is 16.5. The SMILES string of the molecule is Cc1[nH]c(C(=O)N2CCCC(C(=O)NCCN3CCCCC3C)C2)c(C)c1C(=O)OC(C)C. The Kier molecular flexibility index (Phi) is 8.57. The zero-order chi connectivity index (χ0) is 24.1. The van der Waals surface area contributed by atoms with E-state index in [9.17, 15) is 14.4 Å². The molecule has 8 nitrogen and oxygen atoms in total. The highest BCUT2D eigenvalue weighted by Crippen LogP contribution is 2.24. The minimum Gasteiger partial charge on any atom is -0.459 e. The molecule has 1 aromatic heterocycles. The maximum Gasteiger partial charge on any atom is 0.340 e. The van der Waals surface area contributed by atoms with Crippen molar-refractivity contribution in [2.75, 3.05) is 32.7 Å². The van der Waals surface area contributed by atoms with Crippen LogP contribution in [0.5, 0.6) is 0 Å². The molecule has 184 valence electrons. The van der Waals surface area contributed by atoms with E-state index in [0.717, 1.165) is 25.9 Å². The summed E-state index contributed by atoms with van der Waals surface area (Å²) in [6, 6.07) is 0.577. The summed E-state index contributed by atoms with van der Waals surface area (Å²) in [5.74, 6) is -0.769. The minimum atomic E-state index is -0.422. The molecule has 2 unspecified atom stereocenters. The third-order valence-corrected chi connectivity index (χ3v) is 6.92. The predicted molar refractivity (Wildman–Crippen MR) is 127 cm³/mol. The van der Waals surface area contributed by atoms with Gasteiger partial charge in [0.05, 0.1) is 17.6 Å². The van der Waals surface area contributed by atoms with E-state index < -0.39 is 5.97 Å². The van der Waals surface area contributed by atoms with E-state index in [-0.39, 0.29) is 23.8 Å². The summed E-state index contributed by atoms with van der Waals surface area (Å²) < 4.78 is 5.33. The molecule has 0 radical (unpaired) electrons. The number of H-pyrrole nitrogens is 1. The Labute approximate surface area is 197 Å². The molecule has 0 saturated carbocycles. The molecule has 0 bridgehead atoms. The van der Waals surface area contributed by atoms with E-state index in [2.05, 4.69) is 22.1 Å². The molecule has 2 N–H and O–H groups in total. The first-order chi connectivity index (χ1) is 15.7. The standard InChI is InChI=1S/C25H40N4O4/c1-16(2)33-25(32)21-18(4)22(27-19(21)5)24(31)29-13-8-10-20(15-29)23(30)26-11-14-28-12-7-6-9-17(28)3/h16-17,20,27H,6-15H2,1-5H3,(H,26,30). The second kappa shape index (κ2) is 11.2. The number of carbonyl (C=O) groups is 3. The van der Waals surface area contributed by atoms with E-state index in [0.29, 0.717) is 48.2 Å². The van der Waals surface area contributed by atoms with E-state index in [4.69, 9.17) is 4.74 Å². The lowest BCUT2D eigenvalue weighted by molar-refractivity contribution is -0.126. The largest absolute Gasteiger partial charge is 0.459 e. The average molecular weight is 461 g/mol. The van der Waals surface area contributed by atoms with Crippen LogP contribution in [0.4, 0.5) is 0 Å². The quantitative estimate of drug-likeness (QED) is 0.610. The van der Waals surface area contributed by atoms with Crippen LogP contribution in [0.2, 0.25) is 0 Å². The highest BCUT2D eigenvalue weighted by Gasteiger charge is 2.32. The number of likely N-dealkylation sites (tertiary alicyclic amines) is 2. The van der Waals surface area contributed by atoms with Crippen LogP contribution in [0.1, 0.15) is 85.0 Å². The number of carbonyl (C=O) groups excluding carboxylic acids is 3. The van der Waals surface area contributed by atoms with Gasteiger partial charge >= 0.3 is 5.97 Å². The topological polar surface area (TPSA) is 94.7 Å². The summed E-state index contributed by atoms with van der Waals surface area (Å²) in [5.41, 5.74) is 2.05. The third-order valence-electron chi connectivity index (χ3n) is 6.92. The summed E-state index contributed by atoms with van der Waals surface area (Å²) in [5, 5.41) is 3.09. The molecule has 3 rings (SSSR count). The number of amides is 2. The number of aromatic nitrogens is 1. The molecule has 33 heavy (non-hydrogen) atoms. The van der Waals surface area contributed by atoms with Crippen LogP contribution in [-0.2, 0) is 9.53 Å². The molecule has 2 fully saturated rings. The molecule has 0 aliphatic carbocycles. The lowest BCUT2D eigenvalue weighted by Gasteiger charge is -2.34. The van der Waals surface area contributed by atoms with Crippen molar-refractivity contribution in [3.05, 3.63) is 22.5 Å². The van der Waals surface area contributed by atoms with E-state index in [1.807, 2.05) is 0 Å². The van der Waals surface area contributed by atoms with Crippen LogP contribution >= 0.6 is 0 Å². The van der Waals surface area contributed by atoms with Gasteiger partial charge in [0.2, 0.25) is 5.91 Å². The number of nitrogens with zero attached hydrogens (tertiary/aromatic N) is 2. The van der Waals surface area contributed by atoms with E-state index in [1.54, 1.807) is 32.6 Å². The van der Waals surface area contributed by atoms with Crippen molar-refractivity contribution in [2.45, 2.75) is 78.9 Å². The van der Waals surface area contributed by atoms with Crippen LogP contribution < -0.4 is 5.32 Å². The number of aromatic amines is 1. The summed E-state index contributed by atoms with van der Waals surface area (Å²) in [4.78, 5) is 45.8. The maximum absolute atomic E-state index is 13.3. The number of aryl methyl sites for hydroxylation is 1. The predicted octanol–water partition coefficient (Wildman–Crippen LogP) is 3.04. The van der Waals surface area contributed by atoms with Crippen LogP contribution in [0, 0.1) is 19.8 Å². The second-order valence-electron chi connectivity index (χ2n) is 9.84. The van der Waals surface area contributed by atoms with Gasteiger partial charge in [0, 0.05) is 37.9 Å². The van der Waals surface area contributed by atoms with Gasteiger partial charge in [-0.15, -0.1) is 0 Å². The molecule has 0 aromatic carbocycles. The molecule has 2 aliphatic rings. The molecular formula is C25H40N4O4. The van der Waals surface area contributed by atoms with E-state index >= 15 is 0 Å². The van der Waals surface area contributed by atoms with Gasteiger partial charge in [0.25, 0.3) is 5.91 Å². The number of ether oxygens (including phenoxy) is 1. The lowest BCUT2D eigenvalue weighted by Crippen LogP contribution is -2.47. The molecule has 8 heteroatoms. The number of esters is 1. The second-order valence-corrected chi connectivity index (χ2v) is 9.84. The maximum atomic E-state index is 13.3. The number of piperidine rings is 2. The molecule has 1 aromatic rings. The van der Waals surface area contributed by atoms with Gasteiger partial charge in [-0.1, -0.05) is 6.42 Å². The molecule has 0 spiro atoms. The van der Waals surface area contributed by atoms with Crippen LogP contribution in [0.3, 0.4) is 0 Å². The van der Waals surface area contributed by atoms with Crippen molar-refractivity contribution in [2.24, 2.45) is 5.92 Å². The number of nitrogens with one attached hydrogen (secondary N) is 2. The number of hydrogen-bond acceptors (Lipinski definition) is 5. The van der Waals surface area contributed by atoms with Gasteiger partial charge in [-0.3, -0.25) is 14.5 Å². The molecular weight excluding hydrogens is 420 g/mol. The van der Waals surface area contributed by atoms with Crippen molar-refractivity contribution >= 4 is 17.8 Å². The first kappa shape index (κ1) is 25.3. The van der Waals surface area contributed by atoms with Gasteiger partial charge in [-0.2, -0.15) is 0 Å². The van der Waals surface area contributed by atoms with E-state index in [1.165, 1.54) is 19.3 Å². The summed E-state index contributed by atoms with van der Waals surface area (Å²) in [7, 11) is 0. The van der Waals surface area contributed by atoms with Crippen molar-refractivity contribution in [1.29, 1.82) is 0 Å². The van der Waals surface area contributed by atoms with Gasteiger partial charge in [-0.05, 0) is 72.4 Å². The highest BCUT2D eigenvalue weighted by molar-refractivity contribution is 6.00. The van der Waals surface area contributed by atoms with Crippen molar-refractivity contribution < 1.29 is 19.1 Å². The first-order valence-electron chi connectivity index (χ1n) is 12.4. The fraction of sp³-hybridized carbons (Fsp3) is 0.720. The fourth-order valence-electron chi connectivity index (χ4n) is 5.03. The Hall–Kier alpha value is -2.35. The van der Waals surface area contributed by atoms with Gasteiger partial charge in [0.1, 0.15) is 5.69 Å². The van der Waals surface area contributed by atoms with Crippen molar-refractivity contribution in [3.63, 3.8) is 0 Å². The molecule has 2 atom stereocenters.